The molecule has 1 aromatic rings. The molecule has 0 saturated heterocycles. The molecule has 1 rings (SSSR count). The summed E-state index contributed by atoms with van der Waals surface area (Å²) in [4.78, 5) is 13.5. The van der Waals surface area contributed by atoms with E-state index in [1.807, 2.05) is 13.0 Å². The first kappa shape index (κ1) is 12.2. The Balaban J connectivity index is 2.58. The number of ether oxygens (including phenoxy) is 1. The summed E-state index contributed by atoms with van der Waals surface area (Å²) in [6.07, 6.45) is 2.97. The van der Waals surface area contributed by atoms with Crippen LogP contribution >= 0.6 is 11.3 Å². The van der Waals surface area contributed by atoms with Crippen LogP contribution in [0.1, 0.15) is 46.8 Å². The number of carbonyl (C=O) groups excluding carboxylic acids is 1. The van der Waals surface area contributed by atoms with Crippen molar-refractivity contribution in [3.8, 4) is 0 Å². The number of aryl methyl sites for hydroxylation is 2. The Hall–Kier alpha value is -0.830. The fourth-order valence-electron chi connectivity index (χ4n) is 1.35. The second kappa shape index (κ2) is 5.91. The molecule has 84 valence electrons. The first-order valence-electron chi connectivity index (χ1n) is 5.45. The zero-order valence-corrected chi connectivity index (χ0v) is 10.4. The number of rotatable bonds is 5. The van der Waals surface area contributed by atoms with Gasteiger partial charge in [0.15, 0.2) is 0 Å². The van der Waals surface area contributed by atoms with Crippen molar-refractivity contribution in [3.05, 3.63) is 21.4 Å². The van der Waals surface area contributed by atoms with E-state index < -0.39 is 0 Å². The molecule has 1 aromatic heterocycles. The maximum Gasteiger partial charge on any atom is 0.348 e. The third kappa shape index (κ3) is 3.34. The summed E-state index contributed by atoms with van der Waals surface area (Å²) in [5, 5.41) is 0. The van der Waals surface area contributed by atoms with E-state index >= 15 is 0 Å². The maximum atomic E-state index is 11.6. The van der Waals surface area contributed by atoms with Crippen molar-refractivity contribution < 1.29 is 9.53 Å². The van der Waals surface area contributed by atoms with Crippen LogP contribution in [0, 0.1) is 6.92 Å². The normalized spacial score (nSPS) is 10.3. The smallest absolute Gasteiger partial charge is 0.348 e. The van der Waals surface area contributed by atoms with E-state index in [1.54, 1.807) is 0 Å². The lowest BCUT2D eigenvalue weighted by molar-refractivity contribution is 0.0505. The van der Waals surface area contributed by atoms with Gasteiger partial charge in [0, 0.05) is 4.88 Å². The van der Waals surface area contributed by atoms with E-state index in [1.165, 1.54) is 21.8 Å². The van der Waals surface area contributed by atoms with Crippen molar-refractivity contribution in [1.29, 1.82) is 0 Å². The molecule has 0 atom stereocenters. The lowest BCUT2D eigenvalue weighted by Crippen LogP contribution is -2.04. The van der Waals surface area contributed by atoms with Crippen LogP contribution in [0.4, 0.5) is 0 Å². The Morgan fingerprint density at radius 1 is 1.47 bits per heavy atom. The van der Waals surface area contributed by atoms with E-state index in [0.29, 0.717) is 6.61 Å². The number of unbranched alkanes of at least 4 members (excludes halogenated alkanes) is 1. The summed E-state index contributed by atoms with van der Waals surface area (Å²) in [6.45, 7) is 6.76. The first-order chi connectivity index (χ1) is 7.19. The third-order valence-corrected chi connectivity index (χ3v) is 3.41. The fraction of sp³-hybridized carbons (Fsp3) is 0.583. The van der Waals surface area contributed by atoms with E-state index in [0.717, 1.165) is 24.1 Å². The van der Waals surface area contributed by atoms with Crippen LogP contribution in [0.15, 0.2) is 6.07 Å². The number of thiophene rings is 1. The predicted octanol–water partition coefficient (Wildman–Crippen LogP) is 3.58. The van der Waals surface area contributed by atoms with Crippen LogP contribution in [0.3, 0.4) is 0 Å². The summed E-state index contributed by atoms with van der Waals surface area (Å²) < 4.78 is 5.15. The van der Waals surface area contributed by atoms with Crippen LogP contribution in [0.5, 0.6) is 0 Å². The average molecular weight is 226 g/mol. The highest BCUT2D eigenvalue weighted by molar-refractivity contribution is 7.14. The summed E-state index contributed by atoms with van der Waals surface area (Å²) in [6, 6.07) is 1.95. The highest BCUT2D eigenvalue weighted by atomic mass is 32.1. The van der Waals surface area contributed by atoms with E-state index in [4.69, 9.17) is 4.74 Å². The Bertz CT molecular complexity index is 328. The average Bonchev–Trinajstić information content (AvgIpc) is 2.60. The molecule has 0 aliphatic heterocycles. The molecule has 1 heterocycles. The Morgan fingerprint density at radius 3 is 2.73 bits per heavy atom. The summed E-state index contributed by atoms with van der Waals surface area (Å²) in [7, 11) is 0. The van der Waals surface area contributed by atoms with Crippen molar-refractivity contribution in [2.24, 2.45) is 0 Å². The van der Waals surface area contributed by atoms with Crippen LogP contribution in [0.2, 0.25) is 0 Å². The standard InChI is InChI=1S/C12H18O2S/c1-4-6-7-14-12(13)11-8-10(5-2)9(3)15-11/h8H,4-7H2,1-3H3. The van der Waals surface area contributed by atoms with Crippen LogP contribution in [0.25, 0.3) is 0 Å². The van der Waals surface area contributed by atoms with Gasteiger partial charge in [-0.05, 0) is 31.4 Å². The van der Waals surface area contributed by atoms with Gasteiger partial charge < -0.3 is 4.74 Å². The third-order valence-electron chi connectivity index (χ3n) is 2.33. The zero-order chi connectivity index (χ0) is 11.3. The Morgan fingerprint density at radius 2 is 2.20 bits per heavy atom. The fourth-order valence-corrected chi connectivity index (χ4v) is 2.36. The van der Waals surface area contributed by atoms with Gasteiger partial charge in [-0.3, -0.25) is 0 Å². The molecule has 0 N–H and O–H groups in total. The van der Waals surface area contributed by atoms with E-state index in [9.17, 15) is 4.79 Å². The molecule has 3 heteroatoms. The molecule has 0 spiro atoms. The van der Waals surface area contributed by atoms with Gasteiger partial charge in [0.05, 0.1) is 6.61 Å². The number of esters is 1. The molecule has 2 nitrogen and oxygen atoms in total. The van der Waals surface area contributed by atoms with E-state index in [-0.39, 0.29) is 5.97 Å². The molecule has 0 bridgehead atoms. The van der Waals surface area contributed by atoms with Crippen molar-refractivity contribution in [1.82, 2.24) is 0 Å². The highest BCUT2D eigenvalue weighted by Gasteiger charge is 2.12. The minimum absolute atomic E-state index is 0.170. The molecule has 0 radical (unpaired) electrons. The first-order valence-corrected chi connectivity index (χ1v) is 6.27. The van der Waals surface area contributed by atoms with Gasteiger partial charge >= 0.3 is 5.97 Å². The maximum absolute atomic E-state index is 11.6. The molecule has 0 amide bonds. The molecule has 0 fully saturated rings. The van der Waals surface area contributed by atoms with Gasteiger partial charge in [-0.15, -0.1) is 11.3 Å². The van der Waals surface area contributed by atoms with Gasteiger partial charge in [0.1, 0.15) is 4.88 Å². The monoisotopic (exact) mass is 226 g/mol. The van der Waals surface area contributed by atoms with Crippen LogP contribution in [-0.2, 0) is 11.2 Å². The number of hydrogen-bond acceptors (Lipinski definition) is 3. The molecule has 15 heavy (non-hydrogen) atoms. The van der Waals surface area contributed by atoms with Crippen molar-refractivity contribution in [3.63, 3.8) is 0 Å². The SMILES string of the molecule is CCCCOC(=O)c1cc(CC)c(C)s1. The second-order valence-electron chi connectivity index (χ2n) is 3.54. The minimum atomic E-state index is -0.170. The molecular weight excluding hydrogens is 208 g/mol. The van der Waals surface area contributed by atoms with Crippen molar-refractivity contribution >= 4 is 17.3 Å². The zero-order valence-electron chi connectivity index (χ0n) is 9.63. The summed E-state index contributed by atoms with van der Waals surface area (Å²) in [5.74, 6) is -0.170. The van der Waals surface area contributed by atoms with Gasteiger partial charge in [-0.25, -0.2) is 4.79 Å². The minimum Gasteiger partial charge on any atom is -0.462 e. The summed E-state index contributed by atoms with van der Waals surface area (Å²) >= 11 is 1.53. The van der Waals surface area contributed by atoms with E-state index in [2.05, 4.69) is 13.8 Å². The topological polar surface area (TPSA) is 26.3 Å². The van der Waals surface area contributed by atoms with Gasteiger partial charge in [0.2, 0.25) is 0 Å². The second-order valence-corrected chi connectivity index (χ2v) is 4.79. The molecule has 0 aliphatic rings. The van der Waals surface area contributed by atoms with Crippen LogP contribution in [-0.4, -0.2) is 12.6 Å². The number of carbonyl (C=O) groups is 1. The Labute approximate surface area is 95.3 Å². The molecule has 0 unspecified atom stereocenters. The predicted molar refractivity (Wildman–Crippen MR) is 63.6 cm³/mol. The largest absolute Gasteiger partial charge is 0.462 e. The van der Waals surface area contributed by atoms with Crippen molar-refractivity contribution in [2.45, 2.75) is 40.0 Å². The molecular formula is C12H18O2S. The lowest BCUT2D eigenvalue weighted by atomic mass is 10.2. The molecule has 0 aromatic carbocycles. The Kier molecular flexibility index (Phi) is 4.82. The molecule has 0 saturated carbocycles. The van der Waals surface area contributed by atoms with Gasteiger partial charge in [-0.2, -0.15) is 0 Å². The van der Waals surface area contributed by atoms with Gasteiger partial charge in [0.25, 0.3) is 0 Å². The van der Waals surface area contributed by atoms with Crippen molar-refractivity contribution in [2.75, 3.05) is 6.61 Å². The lowest BCUT2D eigenvalue weighted by Gasteiger charge is -2.00. The van der Waals surface area contributed by atoms with Gasteiger partial charge in [-0.1, -0.05) is 20.3 Å². The summed E-state index contributed by atoms with van der Waals surface area (Å²) in [5.41, 5.74) is 1.25. The van der Waals surface area contributed by atoms with Crippen LogP contribution < -0.4 is 0 Å². The highest BCUT2D eigenvalue weighted by Crippen LogP contribution is 2.22. The molecule has 0 aliphatic carbocycles. The number of hydrogen-bond donors (Lipinski definition) is 0. The quantitative estimate of drug-likeness (QED) is 0.566.